The van der Waals surface area contributed by atoms with Gasteiger partial charge >= 0.3 is 18.1 Å². The van der Waals surface area contributed by atoms with Gasteiger partial charge in [-0.15, -0.1) is 11.3 Å². The van der Waals surface area contributed by atoms with Gasteiger partial charge in [-0.25, -0.2) is 13.6 Å². The quantitative estimate of drug-likeness (QED) is 0.554. The van der Waals surface area contributed by atoms with Crippen molar-refractivity contribution in [3.8, 4) is 10.7 Å². The van der Waals surface area contributed by atoms with E-state index in [-0.39, 0.29) is 23.3 Å². The first-order chi connectivity index (χ1) is 12.7. The molecule has 0 spiro atoms. The SMILES string of the molecule is O=C(NC1CC1)N(Cc1ccc(-c2noc(C(F)(F)F)n2)s1)OCC(F)F. The van der Waals surface area contributed by atoms with Crippen LogP contribution in [0.4, 0.5) is 26.7 Å². The van der Waals surface area contributed by atoms with Crippen LogP contribution in [0.25, 0.3) is 10.7 Å². The number of nitrogens with zero attached hydrogens (tertiary/aromatic N) is 3. The number of hydroxylamine groups is 2. The highest BCUT2D eigenvalue weighted by Crippen LogP contribution is 2.32. The number of hydrogen-bond donors (Lipinski definition) is 1. The van der Waals surface area contributed by atoms with E-state index in [0.717, 1.165) is 29.2 Å². The van der Waals surface area contributed by atoms with Gasteiger partial charge in [-0.3, -0.25) is 4.84 Å². The molecule has 1 N–H and O–H groups in total. The van der Waals surface area contributed by atoms with Crippen molar-refractivity contribution in [1.82, 2.24) is 20.5 Å². The Morgan fingerprint density at radius 2 is 2.15 bits per heavy atom. The lowest BCUT2D eigenvalue weighted by Crippen LogP contribution is -2.41. The smallest absolute Gasteiger partial charge is 0.333 e. The van der Waals surface area contributed by atoms with Gasteiger partial charge in [0.05, 0.1) is 11.4 Å². The maximum atomic E-state index is 12.5. The number of alkyl halides is 5. The van der Waals surface area contributed by atoms with Crippen molar-refractivity contribution < 1.29 is 36.1 Å². The second-order valence-electron chi connectivity index (χ2n) is 5.63. The van der Waals surface area contributed by atoms with Crippen LogP contribution >= 0.6 is 11.3 Å². The molecule has 1 aliphatic carbocycles. The van der Waals surface area contributed by atoms with Crippen molar-refractivity contribution in [2.75, 3.05) is 6.61 Å². The van der Waals surface area contributed by atoms with Crippen molar-refractivity contribution in [2.24, 2.45) is 0 Å². The Bertz CT molecular complexity index is 790. The van der Waals surface area contributed by atoms with Gasteiger partial charge in [0.25, 0.3) is 6.43 Å². The summed E-state index contributed by atoms with van der Waals surface area (Å²) in [7, 11) is 0. The minimum Gasteiger partial charge on any atom is -0.333 e. The summed E-state index contributed by atoms with van der Waals surface area (Å²) in [4.78, 5) is 20.9. The van der Waals surface area contributed by atoms with Gasteiger partial charge in [-0.05, 0) is 25.0 Å². The molecular weight excluding hydrogens is 399 g/mol. The van der Waals surface area contributed by atoms with Gasteiger partial charge in [-0.1, -0.05) is 5.16 Å². The molecule has 148 valence electrons. The van der Waals surface area contributed by atoms with Gasteiger partial charge in [0, 0.05) is 10.9 Å². The molecule has 27 heavy (non-hydrogen) atoms. The Hall–Kier alpha value is -2.28. The zero-order valence-electron chi connectivity index (χ0n) is 13.5. The lowest BCUT2D eigenvalue weighted by Gasteiger charge is -2.21. The van der Waals surface area contributed by atoms with E-state index in [1.165, 1.54) is 12.1 Å². The van der Waals surface area contributed by atoms with Crippen LogP contribution < -0.4 is 5.32 Å². The highest BCUT2D eigenvalue weighted by Gasteiger charge is 2.38. The Balaban J connectivity index is 1.69. The summed E-state index contributed by atoms with van der Waals surface area (Å²) >= 11 is 0.983. The number of halogens is 5. The zero-order valence-corrected chi connectivity index (χ0v) is 14.3. The number of rotatable bonds is 7. The summed E-state index contributed by atoms with van der Waals surface area (Å²) < 4.78 is 66.5. The Morgan fingerprint density at radius 1 is 1.41 bits per heavy atom. The van der Waals surface area contributed by atoms with Crippen molar-refractivity contribution >= 4 is 17.4 Å². The first-order valence-corrected chi connectivity index (χ1v) is 8.53. The fraction of sp³-hybridized carbons (Fsp3) is 0.500. The minimum atomic E-state index is -4.76. The standard InChI is InChI=1S/C14H13F5N4O3S/c15-10(16)6-25-23(13(24)20-7-1-2-7)5-8-3-4-9(27-8)11-21-12(26-22-11)14(17,18)19/h3-4,7,10H,1-2,5-6H2,(H,20,24). The Labute approximate surface area is 153 Å². The van der Waals surface area contributed by atoms with Crippen LogP contribution in [0.1, 0.15) is 23.6 Å². The van der Waals surface area contributed by atoms with Gasteiger partial charge in [-0.2, -0.15) is 23.2 Å². The predicted molar refractivity (Wildman–Crippen MR) is 81.7 cm³/mol. The fourth-order valence-corrected chi connectivity index (χ4v) is 2.87. The molecular formula is C14H13F5N4O3S. The number of urea groups is 1. The average molecular weight is 412 g/mol. The maximum Gasteiger partial charge on any atom is 0.471 e. The molecule has 0 aromatic carbocycles. The van der Waals surface area contributed by atoms with Gasteiger partial charge in [0.1, 0.15) is 6.61 Å². The summed E-state index contributed by atoms with van der Waals surface area (Å²) in [5.41, 5.74) is 0. The van der Waals surface area contributed by atoms with E-state index >= 15 is 0 Å². The number of hydrogen-bond acceptors (Lipinski definition) is 6. The van der Waals surface area contributed by atoms with Crippen LogP contribution in [0.5, 0.6) is 0 Å². The summed E-state index contributed by atoms with van der Waals surface area (Å²) in [5.74, 6) is -1.74. The molecule has 0 atom stereocenters. The second-order valence-corrected chi connectivity index (χ2v) is 6.80. The number of aromatic nitrogens is 2. The summed E-state index contributed by atoms with van der Waals surface area (Å²) in [6, 6.07) is 2.28. The summed E-state index contributed by atoms with van der Waals surface area (Å²) in [6.07, 6.45) is -5.92. The first-order valence-electron chi connectivity index (χ1n) is 7.71. The van der Waals surface area contributed by atoms with E-state index in [1.807, 2.05) is 0 Å². The fourth-order valence-electron chi connectivity index (χ4n) is 1.96. The molecule has 2 amide bonds. The molecule has 0 radical (unpaired) electrons. The van der Waals surface area contributed by atoms with Gasteiger partial charge in [0.2, 0.25) is 5.82 Å². The van der Waals surface area contributed by atoms with Gasteiger partial charge < -0.3 is 9.84 Å². The molecule has 0 bridgehead atoms. The number of carbonyl (C=O) groups excluding carboxylic acids is 1. The molecule has 0 saturated heterocycles. The first kappa shape index (κ1) is 19.5. The molecule has 1 saturated carbocycles. The van der Waals surface area contributed by atoms with Crippen molar-refractivity contribution in [3.05, 3.63) is 22.9 Å². The van der Waals surface area contributed by atoms with Crippen molar-refractivity contribution in [3.63, 3.8) is 0 Å². The van der Waals surface area contributed by atoms with E-state index in [4.69, 9.17) is 4.84 Å². The van der Waals surface area contributed by atoms with Crippen LogP contribution in [0.15, 0.2) is 16.7 Å². The van der Waals surface area contributed by atoms with Crippen molar-refractivity contribution in [2.45, 2.75) is 38.0 Å². The Morgan fingerprint density at radius 3 is 2.74 bits per heavy atom. The van der Waals surface area contributed by atoms with Crippen LogP contribution in [0.2, 0.25) is 0 Å². The number of carbonyl (C=O) groups is 1. The molecule has 0 unspecified atom stereocenters. The molecule has 1 fully saturated rings. The molecule has 0 aliphatic heterocycles. The summed E-state index contributed by atoms with van der Waals surface area (Å²) in [6.45, 7) is -1.13. The summed E-state index contributed by atoms with van der Waals surface area (Å²) in [5, 5.41) is 6.64. The largest absolute Gasteiger partial charge is 0.471 e. The molecule has 13 heteroatoms. The van der Waals surface area contributed by atoms with E-state index in [9.17, 15) is 26.7 Å². The Kier molecular flexibility index (Phi) is 5.60. The number of thiophene rings is 1. The van der Waals surface area contributed by atoms with E-state index in [0.29, 0.717) is 4.88 Å². The number of amides is 2. The monoisotopic (exact) mass is 412 g/mol. The molecule has 1 aliphatic rings. The minimum absolute atomic E-state index is 0.00540. The van der Waals surface area contributed by atoms with E-state index in [1.54, 1.807) is 0 Å². The normalized spacial score (nSPS) is 14.6. The van der Waals surface area contributed by atoms with E-state index in [2.05, 4.69) is 20.0 Å². The lowest BCUT2D eigenvalue weighted by molar-refractivity contribution is -0.159. The average Bonchev–Trinajstić information content (AvgIpc) is 3.08. The highest BCUT2D eigenvalue weighted by atomic mass is 32.1. The highest BCUT2D eigenvalue weighted by molar-refractivity contribution is 7.15. The van der Waals surface area contributed by atoms with Crippen LogP contribution in [-0.4, -0.2) is 40.3 Å². The third-order valence-electron chi connectivity index (χ3n) is 3.34. The van der Waals surface area contributed by atoms with Crippen molar-refractivity contribution in [1.29, 1.82) is 0 Å². The van der Waals surface area contributed by atoms with Gasteiger partial charge in [0.15, 0.2) is 0 Å². The maximum absolute atomic E-state index is 12.5. The van der Waals surface area contributed by atoms with Crippen LogP contribution in [0.3, 0.4) is 0 Å². The van der Waals surface area contributed by atoms with E-state index < -0.39 is 31.1 Å². The molecule has 2 heterocycles. The molecule has 7 nitrogen and oxygen atoms in total. The molecule has 2 aromatic heterocycles. The second kappa shape index (κ2) is 7.76. The van der Waals surface area contributed by atoms with Crippen LogP contribution in [-0.2, 0) is 17.6 Å². The number of nitrogens with one attached hydrogen (secondary N) is 1. The topological polar surface area (TPSA) is 80.5 Å². The third-order valence-corrected chi connectivity index (χ3v) is 4.40. The predicted octanol–water partition coefficient (Wildman–Crippen LogP) is 3.69. The van der Waals surface area contributed by atoms with Crippen LogP contribution in [0, 0.1) is 0 Å². The molecule has 2 aromatic rings. The third kappa shape index (κ3) is 5.35. The molecule has 3 rings (SSSR count). The lowest BCUT2D eigenvalue weighted by atomic mass is 10.4. The zero-order chi connectivity index (χ0) is 19.6.